The number of nitrogens with zero attached hydrogens (tertiary/aromatic N) is 3. The summed E-state index contributed by atoms with van der Waals surface area (Å²) >= 11 is 0. The molecule has 0 aromatic carbocycles. The van der Waals surface area contributed by atoms with Crippen LogP contribution in [0, 0.1) is 6.92 Å². The number of aliphatic carboxylic acids is 1. The smallest absolute Gasteiger partial charge is 0.358 e. The van der Waals surface area contributed by atoms with Crippen LogP contribution in [0.15, 0.2) is 0 Å². The minimum atomic E-state index is -1.21. The molecule has 7 heteroatoms. The summed E-state index contributed by atoms with van der Waals surface area (Å²) in [5, 5.41) is 24.5. The minimum absolute atomic E-state index is 0.213. The fraction of sp³-hybridized carbons (Fsp3) is 0.500. The third kappa shape index (κ3) is 1.95. The lowest BCUT2D eigenvalue weighted by Crippen LogP contribution is -2.20. The molecule has 82 valence electrons. The van der Waals surface area contributed by atoms with Crippen molar-refractivity contribution in [1.29, 1.82) is 0 Å². The van der Waals surface area contributed by atoms with E-state index in [1.807, 2.05) is 0 Å². The lowest BCUT2D eigenvalue weighted by atomic mass is 10.2. The molecule has 1 rings (SSSR count). The number of carboxylic acids is 2. The molecule has 15 heavy (non-hydrogen) atoms. The molecule has 0 radical (unpaired) electrons. The fourth-order valence-corrected chi connectivity index (χ4v) is 1.29. The van der Waals surface area contributed by atoms with Crippen LogP contribution in [0.1, 0.15) is 35.6 Å². The molecule has 0 aliphatic heterocycles. The van der Waals surface area contributed by atoms with E-state index in [0.717, 1.165) is 4.68 Å². The highest BCUT2D eigenvalue weighted by molar-refractivity contribution is 5.86. The van der Waals surface area contributed by atoms with Gasteiger partial charge in [0.2, 0.25) is 0 Å². The third-order valence-electron chi connectivity index (χ3n) is 2.10. The van der Waals surface area contributed by atoms with Gasteiger partial charge in [0.15, 0.2) is 11.7 Å². The highest BCUT2D eigenvalue weighted by Gasteiger charge is 2.24. The zero-order valence-corrected chi connectivity index (χ0v) is 8.34. The van der Waals surface area contributed by atoms with Gasteiger partial charge in [0.1, 0.15) is 0 Å². The Morgan fingerprint density at radius 1 is 1.47 bits per heavy atom. The predicted molar refractivity (Wildman–Crippen MR) is 48.7 cm³/mol. The zero-order valence-electron chi connectivity index (χ0n) is 8.34. The number of hydrogen-bond donors (Lipinski definition) is 2. The number of hydrogen-bond acceptors (Lipinski definition) is 4. The average Bonchev–Trinajstić information content (AvgIpc) is 2.49. The molecule has 2 N–H and O–H groups in total. The summed E-state index contributed by atoms with van der Waals surface area (Å²) < 4.78 is 1.12. The molecule has 0 aliphatic carbocycles. The van der Waals surface area contributed by atoms with Crippen LogP contribution in [-0.2, 0) is 4.79 Å². The molecule has 7 nitrogen and oxygen atoms in total. The van der Waals surface area contributed by atoms with Crippen molar-refractivity contribution in [2.24, 2.45) is 0 Å². The van der Waals surface area contributed by atoms with E-state index in [1.54, 1.807) is 6.92 Å². The number of aromatic carboxylic acids is 1. The quantitative estimate of drug-likeness (QED) is 0.746. The Labute approximate surface area is 85.3 Å². The van der Waals surface area contributed by atoms with Crippen molar-refractivity contribution in [3.63, 3.8) is 0 Å². The van der Waals surface area contributed by atoms with Gasteiger partial charge in [-0.15, -0.1) is 5.10 Å². The Hall–Kier alpha value is -1.92. The first-order chi connectivity index (χ1) is 6.99. The second-order valence-corrected chi connectivity index (χ2v) is 3.04. The van der Waals surface area contributed by atoms with E-state index in [4.69, 9.17) is 10.2 Å². The van der Waals surface area contributed by atoms with Gasteiger partial charge in [-0.2, -0.15) is 0 Å². The molecule has 1 aromatic rings. The largest absolute Gasteiger partial charge is 0.480 e. The summed E-state index contributed by atoms with van der Waals surface area (Å²) in [6.07, 6.45) is 0.318. The van der Waals surface area contributed by atoms with Crippen molar-refractivity contribution >= 4 is 11.9 Å². The van der Waals surface area contributed by atoms with E-state index in [9.17, 15) is 9.59 Å². The van der Waals surface area contributed by atoms with Crippen molar-refractivity contribution in [3.8, 4) is 0 Å². The molecule has 0 amide bonds. The molecular formula is C8H11N3O4. The van der Waals surface area contributed by atoms with Crippen molar-refractivity contribution in [1.82, 2.24) is 15.0 Å². The highest BCUT2D eigenvalue weighted by atomic mass is 16.4. The van der Waals surface area contributed by atoms with E-state index < -0.39 is 18.0 Å². The van der Waals surface area contributed by atoms with Gasteiger partial charge in [0, 0.05) is 0 Å². The maximum absolute atomic E-state index is 10.8. The van der Waals surface area contributed by atoms with Gasteiger partial charge in [-0.05, 0) is 13.3 Å². The summed E-state index contributed by atoms with van der Waals surface area (Å²) in [7, 11) is 0. The fourth-order valence-electron chi connectivity index (χ4n) is 1.29. The van der Waals surface area contributed by atoms with Gasteiger partial charge < -0.3 is 10.2 Å². The van der Waals surface area contributed by atoms with Crippen molar-refractivity contribution in [2.45, 2.75) is 26.3 Å². The van der Waals surface area contributed by atoms with Gasteiger partial charge >= 0.3 is 11.9 Å². The van der Waals surface area contributed by atoms with Crippen LogP contribution < -0.4 is 0 Å². The second-order valence-electron chi connectivity index (χ2n) is 3.04. The topological polar surface area (TPSA) is 105 Å². The minimum Gasteiger partial charge on any atom is -0.480 e. The first kappa shape index (κ1) is 11.2. The van der Waals surface area contributed by atoms with Gasteiger partial charge in [0.25, 0.3) is 0 Å². The van der Waals surface area contributed by atoms with Gasteiger partial charge in [-0.1, -0.05) is 12.1 Å². The maximum atomic E-state index is 10.8. The second kappa shape index (κ2) is 4.07. The monoisotopic (exact) mass is 213 g/mol. The summed E-state index contributed by atoms with van der Waals surface area (Å²) in [6, 6.07) is -0.870. The Morgan fingerprint density at radius 2 is 2.07 bits per heavy atom. The van der Waals surface area contributed by atoms with Crippen LogP contribution in [0.5, 0.6) is 0 Å². The standard InChI is InChI=1S/C8H11N3O4/c1-3-5(7(12)13)11-4(2)6(8(14)15)9-10-11/h5H,3H2,1-2H3,(H,12,13)(H,14,15). The molecule has 1 unspecified atom stereocenters. The Bertz CT molecular complexity index is 399. The van der Waals surface area contributed by atoms with Gasteiger partial charge in [-0.25, -0.2) is 14.3 Å². The number of rotatable bonds is 4. The maximum Gasteiger partial charge on any atom is 0.358 e. The Morgan fingerprint density at radius 3 is 2.40 bits per heavy atom. The average molecular weight is 213 g/mol. The number of aromatic nitrogens is 3. The molecule has 0 fully saturated rings. The highest BCUT2D eigenvalue weighted by Crippen LogP contribution is 2.14. The first-order valence-electron chi connectivity index (χ1n) is 4.36. The van der Waals surface area contributed by atoms with Crippen LogP contribution in [0.2, 0.25) is 0 Å². The van der Waals surface area contributed by atoms with Gasteiger partial charge in [-0.3, -0.25) is 0 Å². The molecule has 0 aliphatic rings. The number of carboxylic acid groups (broad SMARTS) is 2. The van der Waals surface area contributed by atoms with Crippen LogP contribution in [0.25, 0.3) is 0 Å². The van der Waals surface area contributed by atoms with Crippen molar-refractivity contribution in [3.05, 3.63) is 11.4 Å². The van der Waals surface area contributed by atoms with Crippen LogP contribution in [0.3, 0.4) is 0 Å². The number of carbonyl (C=O) groups is 2. The SMILES string of the molecule is CCC(C(=O)O)n1nnc(C(=O)O)c1C. The molecule has 1 aromatic heterocycles. The molecule has 0 spiro atoms. The zero-order chi connectivity index (χ0) is 11.6. The van der Waals surface area contributed by atoms with E-state index in [1.165, 1.54) is 6.92 Å². The lowest BCUT2D eigenvalue weighted by Gasteiger charge is -2.10. The molecule has 1 atom stereocenters. The predicted octanol–water partition coefficient (Wildman–Crippen LogP) is 0.320. The molecule has 0 bridgehead atoms. The van der Waals surface area contributed by atoms with E-state index in [-0.39, 0.29) is 11.4 Å². The van der Waals surface area contributed by atoms with Crippen LogP contribution >= 0.6 is 0 Å². The van der Waals surface area contributed by atoms with E-state index in [0.29, 0.717) is 6.42 Å². The summed E-state index contributed by atoms with van der Waals surface area (Å²) in [6.45, 7) is 3.16. The van der Waals surface area contributed by atoms with Crippen molar-refractivity contribution < 1.29 is 19.8 Å². The van der Waals surface area contributed by atoms with Crippen LogP contribution in [0.4, 0.5) is 0 Å². The molecule has 0 saturated carbocycles. The third-order valence-corrected chi connectivity index (χ3v) is 2.10. The van der Waals surface area contributed by atoms with Gasteiger partial charge in [0.05, 0.1) is 5.69 Å². The van der Waals surface area contributed by atoms with E-state index in [2.05, 4.69) is 10.3 Å². The van der Waals surface area contributed by atoms with Crippen molar-refractivity contribution in [2.75, 3.05) is 0 Å². The summed E-state index contributed by atoms with van der Waals surface area (Å²) in [5.74, 6) is -2.26. The molecule has 0 saturated heterocycles. The first-order valence-corrected chi connectivity index (χ1v) is 4.36. The summed E-state index contributed by atoms with van der Waals surface area (Å²) in [5.41, 5.74) is 0.0338. The Kier molecular flexibility index (Phi) is 3.03. The lowest BCUT2D eigenvalue weighted by molar-refractivity contribution is -0.141. The molecule has 1 heterocycles. The normalized spacial score (nSPS) is 12.4. The molecular weight excluding hydrogens is 202 g/mol. The summed E-state index contributed by atoms with van der Waals surface area (Å²) in [4.78, 5) is 21.5. The Balaban J connectivity index is 3.15. The van der Waals surface area contributed by atoms with E-state index >= 15 is 0 Å². The van der Waals surface area contributed by atoms with Crippen LogP contribution in [-0.4, -0.2) is 37.1 Å².